The van der Waals surface area contributed by atoms with E-state index in [1.807, 2.05) is 0 Å². The predicted octanol–water partition coefficient (Wildman–Crippen LogP) is 3.35. The van der Waals surface area contributed by atoms with E-state index in [2.05, 4.69) is 88.4 Å². The molecule has 2 nitrogen and oxygen atoms in total. The zero-order valence-electron chi connectivity index (χ0n) is 14.5. The van der Waals surface area contributed by atoms with Gasteiger partial charge in [-0.05, 0) is 22.3 Å². The molecule has 1 atom stereocenters. The summed E-state index contributed by atoms with van der Waals surface area (Å²) in [6.45, 7) is 10.5. The second-order valence-electron chi connectivity index (χ2n) is 7.69. The van der Waals surface area contributed by atoms with Gasteiger partial charge in [-0.3, -0.25) is 0 Å². The van der Waals surface area contributed by atoms with E-state index in [4.69, 9.17) is 9.16 Å². The Morgan fingerprint density at radius 1 is 0.957 bits per heavy atom. The molecule has 1 fully saturated rings. The molecule has 0 bridgehead atoms. The largest absolute Gasteiger partial charge is 0.404 e. The summed E-state index contributed by atoms with van der Waals surface area (Å²) in [7, 11) is -2.40. The Bertz CT molecular complexity index is 603. The molecule has 23 heavy (non-hydrogen) atoms. The van der Waals surface area contributed by atoms with Crippen LogP contribution in [0.3, 0.4) is 0 Å². The van der Waals surface area contributed by atoms with Gasteiger partial charge >= 0.3 is 0 Å². The van der Waals surface area contributed by atoms with Gasteiger partial charge in [0.25, 0.3) is 8.32 Å². The van der Waals surface area contributed by atoms with Crippen LogP contribution in [-0.2, 0) is 9.16 Å². The van der Waals surface area contributed by atoms with Crippen molar-refractivity contribution >= 4 is 18.7 Å². The van der Waals surface area contributed by atoms with Gasteiger partial charge in [0.2, 0.25) is 0 Å². The molecule has 1 aliphatic heterocycles. The molecule has 122 valence electrons. The van der Waals surface area contributed by atoms with E-state index in [0.717, 1.165) is 6.61 Å². The highest BCUT2D eigenvalue weighted by molar-refractivity contribution is 6.99. The number of epoxide rings is 1. The monoisotopic (exact) mass is 326 g/mol. The van der Waals surface area contributed by atoms with Crippen molar-refractivity contribution in [2.45, 2.75) is 38.3 Å². The molecule has 1 aliphatic rings. The second-order valence-corrected chi connectivity index (χ2v) is 12.0. The van der Waals surface area contributed by atoms with E-state index in [-0.39, 0.29) is 10.6 Å². The Hall–Kier alpha value is -1.42. The normalized spacial score (nSPS) is 21.2. The van der Waals surface area contributed by atoms with Crippen LogP contribution in [0.5, 0.6) is 0 Å². The zero-order chi connectivity index (χ0) is 16.6. The highest BCUT2D eigenvalue weighted by atomic mass is 28.4. The van der Waals surface area contributed by atoms with Gasteiger partial charge < -0.3 is 9.16 Å². The topological polar surface area (TPSA) is 21.8 Å². The molecule has 0 saturated carbocycles. The fraction of sp³-hybridized carbons (Fsp3) is 0.400. The van der Waals surface area contributed by atoms with Gasteiger partial charge in [0.05, 0.1) is 13.2 Å². The van der Waals surface area contributed by atoms with Crippen LogP contribution in [0.1, 0.15) is 27.7 Å². The Labute approximate surface area is 140 Å². The minimum atomic E-state index is -2.40. The highest BCUT2D eigenvalue weighted by Gasteiger charge is 2.52. The van der Waals surface area contributed by atoms with Gasteiger partial charge in [0.1, 0.15) is 5.60 Å². The Balaban J connectivity index is 2.13. The van der Waals surface area contributed by atoms with Crippen molar-refractivity contribution in [3.63, 3.8) is 0 Å². The first-order valence-electron chi connectivity index (χ1n) is 8.26. The van der Waals surface area contributed by atoms with Crippen molar-refractivity contribution in [3.8, 4) is 0 Å². The van der Waals surface area contributed by atoms with Crippen molar-refractivity contribution in [2.24, 2.45) is 0 Å². The number of ether oxygens (including phenoxy) is 1. The third-order valence-electron chi connectivity index (χ3n) is 4.65. The Morgan fingerprint density at radius 2 is 1.39 bits per heavy atom. The maximum Gasteiger partial charge on any atom is 0.261 e. The first-order chi connectivity index (χ1) is 10.9. The standard InChI is InChI=1S/C20H26O2Si/c1-19(2,3)23(17-11-7-5-8-12-17,18-13-9-6-10-14-18)22-16-20(4)15-21-20/h5-14H,15-16H2,1-4H3/t20-/m0/s1. The number of hydrogen-bond donors (Lipinski definition) is 0. The molecule has 2 aromatic carbocycles. The Kier molecular flexibility index (Phi) is 4.21. The minimum Gasteiger partial charge on any atom is -0.404 e. The SMILES string of the molecule is CC(C)(C)[Si](OC[C@]1(C)CO1)(c1ccccc1)c1ccccc1. The maximum absolute atomic E-state index is 6.81. The van der Waals surface area contributed by atoms with E-state index in [0.29, 0.717) is 6.61 Å². The van der Waals surface area contributed by atoms with Gasteiger partial charge in [-0.2, -0.15) is 0 Å². The molecular weight excluding hydrogens is 300 g/mol. The molecule has 0 amide bonds. The molecule has 1 saturated heterocycles. The summed E-state index contributed by atoms with van der Waals surface area (Å²) < 4.78 is 12.4. The van der Waals surface area contributed by atoms with E-state index in [9.17, 15) is 0 Å². The van der Waals surface area contributed by atoms with Gasteiger partial charge in [-0.1, -0.05) is 81.4 Å². The van der Waals surface area contributed by atoms with Crippen molar-refractivity contribution in [1.82, 2.24) is 0 Å². The first-order valence-corrected chi connectivity index (χ1v) is 10.2. The van der Waals surface area contributed by atoms with Crippen molar-refractivity contribution in [2.75, 3.05) is 13.2 Å². The molecule has 0 spiro atoms. The van der Waals surface area contributed by atoms with Crippen LogP contribution in [0.25, 0.3) is 0 Å². The van der Waals surface area contributed by atoms with Crippen LogP contribution in [0.2, 0.25) is 5.04 Å². The van der Waals surface area contributed by atoms with Crippen LogP contribution in [-0.4, -0.2) is 27.1 Å². The first kappa shape index (κ1) is 16.4. The maximum atomic E-state index is 6.81. The summed E-state index contributed by atoms with van der Waals surface area (Å²) >= 11 is 0. The molecule has 1 heterocycles. The lowest BCUT2D eigenvalue weighted by atomic mass is 10.2. The van der Waals surface area contributed by atoms with Gasteiger partial charge in [0, 0.05) is 0 Å². The number of benzene rings is 2. The predicted molar refractivity (Wildman–Crippen MR) is 97.9 cm³/mol. The smallest absolute Gasteiger partial charge is 0.261 e. The molecule has 2 aromatic rings. The summed E-state index contributed by atoms with van der Waals surface area (Å²) in [6, 6.07) is 21.5. The summed E-state index contributed by atoms with van der Waals surface area (Å²) in [5, 5.41) is 2.67. The van der Waals surface area contributed by atoms with Crippen LogP contribution in [0.15, 0.2) is 60.7 Å². The third-order valence-corrected chi connectivity index (χ3v) is 9.63. The van der Waals surface area contributed by atoms with Crippen molar-refractivity contribution in [1.29, 1.82) is 0 Å². The van der Waals surface area contributed by atoms with Gasteiger partial charge in [-0.25, -0.2) is 0 Å². The molecular formula is C20H26O2Si. The van der Waals surface area contributed by atoms with E-state index in [1.165, 1.54) is 10.4 Å². The fourth-order valence-electron chi connectivity index (χ4n) is 3.23. The van der Waals surface area contributed by atoms with E-state index < -0.39 is 8.32 Å². The molecule has 0 unspecified atom stereocenters. The van der Waals surface area contributed by atoms with Crippen molar-refractivity contribution in [3.05, 3.63) is 60.7 Å². The van der Waals surface area contributed by atoms with Crippen LogP contribution in [0, 0.1) is 0 Å². The van der Waals surface area contributed by atoms with E-state index >= 15 is 0 Å². The average Bonchev–Trinajstić information content (AvgIpc) is 3.27. The minimum absolute atomic E-state index is 0.0287. The fourth-order valence-corrected chi connectivity index (χ4v) is 7.91. The lowest BCUT2D eigenvalue weighted by Gasteiger charge is -2.43. The lowest BCUT2D eigenvalue weighted by Crippen LogP contribution is -2.67. The number of hydrogen-bond acceptors (Lipinski definition) is 2. The molecule has 0 radical (unpaired) electrons. The van der Waals surface area contributed by atoms with Crippen molar-refractivity contribution < 1.29 is 9.16 Å². The summed E-state index contributed by atoms with van der Waals surface area (Å²) in [5.41, 5.74) is -0.104. The van der Waals surface area contributed by atoms with Gasteiger partial charge in [-0.15, -0.1) is 0 Å². The zero-order valence-corrected chi connectivity index (χ0v) is 15.5. The third kappa shape index (κ3) is 3.14. The van der Waals surface area contributed by atoms with Crippen LogP contribution in [0.4, 0.5) is 0 Å². The quantitative estimate of drug-likeness (QED) is 0.621. The Morgan fingerprint density at radius 3 is 1.74 bits per heavy atom. The second kappa shape index (κ2) is 5.89. The molecule has 3 heteroatoms. The van der Waals surface area contributed by atoms with Gasteiger partial charge in [0.15, 0.2) is 0 Å². The molecule has 3 rings (SSSR count). The molecule has 0 N–H and O–H groups in total. The molecule has 0 aromatic heterocycles. The molecule has 0 aliphatic carbocycles. The van der Waals surface area contributed by atoms with E-state index in [1.54, 1.807) is 0 Å². The lowest BCUT2D eigenvalue weighted by molar-refractivity contribution is 0.193. The summed E-state index contributed by atoms with van der Waals surface area (Å²) in [4.78, 5) is 0. The number of rotatable bonds is 5. The highest BCUT2D eigenvalue weighted by Crippen LogP contribution is 2.38. The van der Waals surface area contributed by atoms with Crippen LogP contribution >= 0.6 is 0 Å². The summed E-state index contributed by atoms with van der Waals surface area (Å²) in [6.07, 6.45) is 0. The summed E-state index contributed by atoms with van der Waals surface area (Å²) in [5.74, 6) is 0. The average molecular weight is 327 g/mol. The van der Waals surface area contributed by atoms with Crippen LogP contribution < -0.4 is 10.4 Å².